The molecule has 0 atom stereocenters. The summed E-state index contributed by atoms with van der Waals surface area (Å²) >= 11 is 11.9. The first-order chi connectivity index (χ1) is 11.6. The first-order valence-electron chi connectivity index (χ1n) is 7.30. The number of nitrogens with zero attached hydrogens (tertiary/aromatic N) is 2. The van der Waals surface area contributed by atoms with Crippen molar-refractivity contribution in [3.63, 3.8) is 0 Å². The number of anilines is 2. The summed E-state index contributed by atoms with van der Waals surface area (Å²) in [6.45, 7) is 1.33. The molecule has 0 saturated carbocycles. The highest BCUT2D eigenvalue weighted by Crippen LogP contribution is 2.41. The summed E-state index contributed by atoms with van der Waals surface area (Å²) in [5.74, 6) is 1.36. The quantitative estimate of drug-likeness (QED) is 0.828. The van der Waals surface area contributed by atoms with E-state index in [9.17, 15) is 10.4 Å². The summed E-state index contributed by atoms with van der Waals surface area (Å²) in [5.41, 5.74) is 1.90. The first-order valence-corrected chi connectivity index (χ1v) is 8.21. The van der Waals surface area contributed by atoms with Crippen LogP contribution in [0.25, 0.3) is 0 Å². The van der Waals surface area contributed by atoms with E-state index in [4.69, 9.17) is 32.7 Å². The number of fused-ring (bicyclic) bond motifs is 1. The average molecular weight is 365 g/mol. The van der Waals surface area contributed by atoms with E-state index >= 15 is 0 Å². The van der Waals surface area contributed by atoms with Crippen LogP contribution in [0.4, 0.5) is 11.4 Å². The molecule has 2 aromatic carbocycles. The van der Waals surface area contributed by atoms with Crippen LogP contribution < -0.4 is 14.4 Å². The molecule has 0 fully saturated rings. The molecule has 0 spiro atoms. The predicted octanol–water partition coefficient (Wildman–Crippen LogP) is 4.07. The molecule has 0 radical (unpaired) electrons. The minimum absolute atomic E-state index is 0.135. The second kappa shape index (κ2) is 7.08. The Balaban J connectivity index is 2.02. The summed E-state index contributed by atoms with van der Waals surface area (Å²) in [7, 11) is 0. The predicted molar refractivity (Wildman–Crippen MR) is 93.0 cm³/mol. The third kappa shape index (κ3) is 3.16. The second-order valence-corrected chi connectivity index (χ2v) is 5.89. The molecule has 0 unspecified atom stereocenters. The zero-order valence-electron chi connectivity index (χ0n) is 12.6. The van der Waals surface area contributed by atoms with Gasteiger partial charge < -0.3 is 19.5 Å². The van der Waals surface area contributed by atoms with E-state index in [0.717, 1.165) is 11.4 Å². The van der Waals surface area contributed by atoms with Gasteiger partial charge in [-0.15, -0.1) is 11.6 Å². The summed E-state index contributed by atoms with van der Waals surface area (Å²) < 4.78 is 11.1. The van der Waals surface area contributed by atoms with Crippen LogP contribution in [-0.2, 0) is 0 Å². The molecular formula is C17H14Cl2N2O3. The van der Waals surface area contributed by atoms with Crippen LogP contribution in [0.1, 0.15) is 5.56 Å². The van der Waals surface area contributed by atoms with Crippen molar-refractivity contribution < 1.29 is 14.6 Å². The Morgan fingerprint density at radius 2 is 2.17 bits per heavy atom. The zero-order chi connectivity index (χ0) is 17.1. The van der Waals surface area contributed by atoms with E-state index in [1.54, 1.807) is 30.3 Å². The van der Waals surface area contributed by atoms with Gasteiger partial charge in [0.2, 0.25) is 0 Å². The molecule has 7 heteroatoms. The molecule has 5 nitrogen and oxygen atoms in total. The molecule has 24 heavy (non-hydrogen) atoms. The molecule has 1 heterocycles. The van der Waals surface area contributed by atoms with E-state index in [0.29, 0.717) is 41.1 Å². The Morgan fingerprint density at radius 1 is 1.33 bits per heavy atom. The van der Waals surface area contributed by atoms with Gasteiger partial charge in [-0.3, -0.25) is 0 Å². The molecule has 0 aromatic heterocycles. The van der Waals surface area contributed by atoms with Gasteiger partial charge in [-0.05, 0) is 24.3 Å². The molecular weight excluding hydrogens is 351 g/mol. The van der Waals surface area contributed by atoms with Crippen molar-refractivity contribution in [3.05, 3.63) is 40.9 Å². The van der Waals surface area contributed by atoms with Crippen LogP contribution in [0.3, 0.4) is 0 Å². The van der Waals surface area contributed by atoms with Crippen LogP contribution in [0, 0.1) is 11.3 Å². The van der Waals surface area contributed by atoms with E-state index in [1.807, 2.05) is 4.90 Å². The molecule has 0 bridgehead atoms. The zero-order valence-corrected chi connectivity index (χ0v) is 14.1. The number of phenolic OH excluding ortho intramolecular Hbond substituents is 1. The number of alkyl halides is 1. The maximum absolute atomic E-state index is 9.60. The van der Waals surface area contributed by atoms with E-state index in [1.165, 1.54) is 0 Å². The van der Waals surface area contributed by atoms with Gasteiger partial charge >= 0.3 is 0 Å². The summed E-state index contributed by atoms with van der Waals surface area (Å²) in [5, 5.41) is 19.3. The lowest BCUT2D eigenvalue weighted by atomic mass is 10.1. The number of nitriles is 1. The Hall–Kier alpha value is -2.29. The van der Waals surface area contributed by atoms with Crippen molar-refractivity contribution in [1.29, 1.82) is 5.26 Å². The van der Waals surface area contributed by atoms with Crippen LogP contribution in [-0.4, -0.2) is 30.7 Å². The molecule has 1 N–H and O–H groups in total. The van der Waals surface area contributed by atoms with Gasteiger partial charge in [-0.1, -0.05) is 11.6 Å². The van der Waals surface area contributed by atoms with Gasteiger partial charge in [0, 0.05) is 11.8 Å². The lowest BCUT2D eigenvalue weighted by Crippen LogP contribution is -2.28. The maximum atomic E-state index is 9.60. The lowest BCUT2D eigenvalue weighted by Gasteiger charge is -2.31. The van der Waals surface area contributed by atoms with Gasteiger partial charge in [0.15, 0.2) is 5.75 Å². The molecule has 0 aliphatic carbocycles. The van der Waals surface area contributed by atoms with Crippen LogP contribution in [0.5, 0.6) is 17.2 Å². The smallest absolute Gasteiger partial charge is 0.155 e. The highest BCUT2D eigenvalue weighted by Gasteiger charge is 2.22. The van der Waals surface area contributed by atoms with Gasteiger partial charge in [-0.25, -0.2) is 0 Å². The summed E-state index contributed by atoms with van der Waals surface area (Å²) in [4.78, 5) is 1.98. The number of ether oxygens (including phenoxy) is 2. The number of phenols is 1. The maximum Gasteiger partial charge on any atom is 0.155 e. The summed E-state index contributed by atoms with van der Waals surface area (Å²) in [6.07, 6.45) is 0. The van der Waals surface area contributed by atoms with Gasteiger partial charge in [0.1, 0.15) is 30.8 Å². The number of hydrogen-bond donors (Lipinski definition) is 1. The number of benzene rings is 2. The van der Waals surface area contributed by atoms with E-state index in [2.05, 4.69) is 6.07 Å². The minimum Gasteiger partial charge on any atom is -0.508 e. The highest BCUT2D eigenvalue weighted by molar-refractivity contribution is 6.32. The third-order valence-electron chi connectivity index (χ3n) is 3.59. The fourth-order valence-corrected chi connectivity index (χ4v) is 2.93. The number of aromatic hydroxyl groups is 1. The fourth-order valence-electron chi connectivity index (χ4n) is 2.58. The van der Waals surface area contributed by atoms with Gasteiger partial charge in [0.05, 0.1) is 28.7 Å². The Morgan fingerprint density at radius 3 is 2.92 bits per heavy atom. The van der Waals surface area contributed by atoms with E-state index < -0.39 is 0 Å². The highest BCUT2D eigenvalue weighted by atomic mass is 35.5. The van der Waals surface area contributed by atoms with Crippen molar-refractivity contribution >= 4 is 34.6 Å². The van der Waals surface area contributed by atoms with Crippen molar-refractivity contribution in [2.45, 2.75) is 0 Å². The molecule has 1 aliphatic heterocycles. The lowest BCUT2D eigenvalue weighted by molar-refractivity contribution is 0.312. The second-order valence-electron chi connectivity index (χ2n) is 5.11. The molecule has 2 aromatic rings. The van der Waals surface area contributed by atoms with Gasteiger partial charge in [0.25, 0.3) is 0 Å². The van der Waals surface area contributed by atoms with Gasteiger partial charge in [-0.2, -0.15) is 5.26 Å². The van der Waals surface area contributed by atoms with Crippen molar-refractivity contribution in [1.82, 2.24) is 0 Å². The number of hydrogen-bond acceptors (Lipinski definition) is 5. The molecule has 0 amide bonds. The Bertz CT molecular complexity index is 805. The molecule has 3 rings (SSSR count). The third-order valence-corrected chi connectivity index (χ3v) is 4.03. The topological polar surface area (TPSA) is 65.7 Å². The Kier molecular flexibility index (Phi) is 4.89. The molecule has 124 valence electrons. The largest absolute Gasteiger partial charge is 0.508 e. The van der Waals surface area contributed by atoms with Crippen LogP contribution in [0.2, 0.25) is 5.02 Å². The molecule has 0 saturated heterocycles. The summed E-state index contributed by atoms with van der Waals surface area (Å²) in [6, 6.07) is 10.5. The van der Waals surface area contributed by atoms with Crippen LogP contribution in [0.15, 0.2) is 30.3 Å². The molecule has 1 aliphatic rings. The monoisotopic (exact) mass is 364 g/mol. The first kappa shape index (κ1) is 16.6. The Labute approximate surface area is 149 Å². The van der Waals surface area contributed by atoms with Crippen molar-refractivity contribution in [2.24, 2.45) is 0 Å². The average Bonchev–Trinajstić information content (AvgIpc) is 2.59. The number of halogens is 2. The fraction of sp³-hybridized carbons (Fsp3) is 0.235. The van der Waals surface area contributed by atoms with Crippen molar-refractivity contribution in [3.8, 4) is 23.3 Å². The normalized spacial score (nSPS) is 13.0. The van der Waals surface area contributed by atoms with Crippen molar-refractivity contribution in [2.75, 3.05) is 30.5 Å². The standard InChI is InChI=1S/C17H14Cl2N2O3/c18-3-5-24-17-11(10-20)7-12(8-14(17)19)21-4-6-23-16-9-13(22)1-2-15(16)21/h1-2,7-9,22H,3-6H2. The van der Waals surface area contributed by atoms with Crippen LogP contribution >= 0.6 is 23.2 Å². The SMILES string of the molecule is N#Cc1cc(N2CCOc3cc(O)ccc32)cc(Cl)c1OCCCl. The number of rotatable bonds is 4. The minimum atomic E-state index is 0.135. The van der Waals surface area contributed by atoms with E-state index in [-0.39, 0.29) is 12.4 Å².